The van der Waals surface area contributed by atoms with Gasteiger partial charge in [0.25, 0.3) is 10.0 Å². The van der Waals surface area contributed by atoms with Crippen LogP contribution in [-0.2, 0) is 32.6 Å². The van der Waals surface area contributed by atoms with Crippen molar-refractivity contribution < 1.29 is 22.7 Å². The standard InChI is InChI=1S/C36H39Cl2N3O5S/c1-25(2)22-39-36(43)33(20-27-11-7-5-8-12-27)40(23-28-16-17-29(37)21-31(28)38)35(42)24-41(32-19-26(3)15-18-34(32)46-4)47(44,45)30-13-9-6-10-14-30/h5-19,21,25,33H,20,22-24H2,1-4H3,(H,39,43)/t33-/m0/s1. The summed E-state index contributed by atoms with van der Waals surface area (Å²) in [6.07, 6.45) is 0.181. The van der Waals surface area contributed by atoms with E-state index in [1.54, 1.807) is 54.6 Å². The molecule has 0 saturated heterocycles. The summed E-state index contributed by atoms with van der Waals surface area (Å²) in [5, 5.41) is 3.70. The highest BCUT2D eigenvalue weighted by atomic mass is 35.5. The van der Waals surface area contributed by atoms with Gasteiger partial charge in [0.15, 0.2) is 0 Å². The fourth-order valence-electron chi connectivity index (χ4n) is 5.04. The third-order valence-corrected chi connectivity index (χ3v) is 9.89. The number of sulfonamides is 1. The van der Waals surface area contributed by atoms with Crippen molar-refractivity contribution in [3.63, 3.8) is 0 Å². The number of rotatable bonds is 14. The molecule has 1 N–H and O–H groups in total. The van der Waals surface area contributed by atoms with Gasteiger partial charge in [-0.05, 0) is 65.9 Å². The number of nitrogens with one attached hydrogen (secondary N) is 1. The first kappa shape index (κ1) is 35.8. The Labute approximate surface area is 287 Å². The van der Waals surface area contributed by atoms with Crippen LogP contribution in [0.15, 0.2) is 102 Å². The second kappa shape index (κ2) is 16.2. The molecule has 8 nitrogen and oxygen atoms in total. The highest BCUT2D eigenvalue weighted by Gasteiger charge is 2.36. The Balaban J connectivity index is 1.86. The van der Waals surface area contributed by atoms with Gasteiger partial charge >= 0.3 is 0 Å². The van der Waals surface area contributed by atoms with Gasteiger partial charge in [-0.25, -0.2) is 8.42 Å². The molecule has 248 valence electrons. The van der Waals surface area contributed by atoms with Crippen LogP contribution in [0.3, 0.4) is 0 Å². The lowest BCUT2D eigenvalue weighted by Crippen LogP contribution is -2.53. The first-order valence-electron chi connectivity index (χ1n) is 15.2. The molecule has 0 radical (unpaired) electrons. The van der Waals surface area contributed by atoms with Crippen LogP contribution in [-0.4, -0.2) is 51.4 Å². The third kappa shape index (κ3) is 9.28. The van der Waals surface area contributed by atoms with E-state index in [1.165, 1.54) is 24.1 Å². The molecule has 2 amide bonds. The van der Waals surface area contributed by atoms with Crippen LogP contribution in [0, 0.1) is 12.8 Å². The molecule has 1 atom stereocenters. The van der Waals surface area contributed by atoms with Gasteiger partial charge < -0.3 is 15.0 Å². The molecule has 0 aliphatic carbocycles. The SMILES string of the molecule is COc1ccc(C)cc1N(CC(=O)N(Cc1ccc(Cl)cc1Cl)[C@@H](Cc1ccccc1)C(=O)NCC(C)C)S(=O)(=O)c1ccccc1. The van der Waals surface area contributed by atoms with Crippen LogP contribution in [0.2, 0.25) is 10.0 Å². The maximum Gasteiger partial charge on any atom is 0.264 e. The van der Waals surface area contributed by atoms with Crippen molar-refractivity contribution in [2.75, 3.05) is 24.5 Å². The number of hydrogen-bond donors (Lipinski definition) is 1. The number of anilines is 1. The predicted octanol–water partition coefficient (Wildman–Crippen LogP) is 6.92. The largest absolute Gasteiger partial charge is 0.495 e. The smallest absolute Gasteiger partial charge is 0.264 e. The molecule has 47 heavy (non-hydrogen) atoms. The fourth-order valence-corrected chi connectivity index (χ4v) is 6.94. The van der Waals surface area contributed by atoms with Crippen LogP contribution >= 0.6 is 23.2 Å². The second-order valence-corrected chi connectivity index (χ2v) is 14.3. The molecule has 0 aliphatic rings. The van der Waals surface area contributed by atoms with Crippen LogP contribution in [0.25, 0.3) is 0 Å². The number of nitrogens with zero attached hydrogens (tertiary/aromatic N) is 2. The highest BCUT2D eigenvalue weighted by Crippen LogP contribution is 2.34. The topological polar surface area (TPSA) is 96.0 Å². The van der Waals surface area contributed by atoms with Crippen molar-refractivity contribution in [2.45, 2.75) is 44.7 Å². The van der Waals surface area contributed by atoms with Crippen molar-refractivity contribution >= 4 is 50.7 Å². The number of ether oxygens (including phenoxy) is 1. The summed E-state index contributed by atoms with van der Waals surface area (Å²) in [6.45, 7) is 5.47. The maximum atomic E-state index is 14.7. The van der Waals surface area contributed by atoms with Gasteiger partial charge in [-0.3, -0.25) is 13.9 Å². The Kier molecular flexibility index (Phi) is 12.3. The minimum Gasteiger partial charge on any atom is -0.495 e. The Morgan fingerprint density at radius 2 is 1.55 bits per heavy atom. The van der Waals surface area contributed by atoms with E-state index in [1.807, 2.05) is 51.1 Å². The molecule has 0 unspecified atom stereocenters. The quantitative estimate of drug-likeness (QED) is 0.155. The first-order chi connectivity index (χ1) is 22.4. The average molecular weight is 697 g/mol. The number of carbonyl (C=O) groups is 2. The van der Waals surface area contributed by atoms with Gasteiger partial charge in [0.05, 0.1) is 17.7 Å². The molecule has 4 rings (SSSR count). The van der Waals surface area contributed by atoms with E-state index < -0.39 is 28.5 Å². The molecule has 0 bridgehead atoms. The van der Waals surface area contributed by atoms with Gasteiger partial charge in [0.1, 0.15) is 18.3 Å². The zero-order valence-electron chi connectivity index (χ0n) is 26.8. The van der Waals surface area contributed by atoms with Gasteiger partial charge in [0.2, 0.25) is 11.8 Å². The average Bonchev–Trinajstić information content (AvgIpc) is 3.05. The van der Waals surface area contributed by atoms with E-state index >= 15 is 0 Å². The van der Waals surface area contributed by atoms with Crippen LogP contribution in [0.4, 0.5) is 5.69 Å². The van der Waals surface area contributed by atoms with Crippen LogP contribution in [0.1, 0.15) is 30.5 Å². The summed E-state index contributed by atoms with van der Waals surface area (Å²) < 4.78 is 35.2. The lowest BCUT2D eigenvalue weighted by molar-refractivity contribution is -0.140. The molecule has 0 aromatic heterocycles. The summed E-state index contributed by atoms with van der Waals surface area (Å²) in [5.41, 5.74) is 2.33. The van der Waals surface area contributed by atoms with Crippen LogP contribution < -0.4 is 14.4 Å². The number of aryl methyl sites for hydroxylation is 1. The monoisotopic (exact) mass is 695 g/mol. The first-order valence-corrected chi connectivity index (χ1v) is 17.4. The number of hydrogen-bond acceptors (Lipinski definition) is 5. The normalized spacial score (nSPS) is 12.0. The predicted molar refractivity (Wildman–Crippen MR) is 187 cm³/mol. The molecule has 0 saturated carbocycles. The number of carbonyl (C=O) groups excluding carboxylic acids is 2. The number of amides is 2. The van der Waals surface area contributed by atoms with Crippen molar-refractivity contribution in [3.8, 4) is 5.75 Å². The van der Waals surface area contributed by atoms with E-state index in [0.717, 1.165) is 15.4 Å². The summed E-state index contributed by atoms with van der Waals surface area (Å²) in [5.74, 6) is -0.552. The molecule has 4 aromatic rings. The van der Waals surface area contributed by atoms with E-state index in [4.69, 9.17) is 27.9 Å². The van der Waals surface area contributed by atoms with Crippen molar-refractivity contribution in [3.05, 3.63) is 124 Å². The Morgan fingerprint density at radius 3 is 2.17 bits per heavy atom. The molecule has 0 fully saturated rings. The zero-order chi connectivity index (χ0) is 34.1. The van der Waals surface area contributed by atoms with Crippen molar-refractivity contribution in [1.29, 1.82) is 0 Å². The maximum absolute atomic E-state index is 14.7. The summed E-state index contributed by atoms with van der Waals surface area (Å²) in [4.78, 5) is 30.0. The number of methoxy groups -OCH3 is 1. The van der Waals surface area contributed by atoms with E-state index in [2.05, 4.69) is 5.32 Å². The lowest BCUT2D eigenvalue weighted by atomic mass is 10.0. The Bertz CT molecular complexity index is 1790. The highest BCUT2D eigenvalue weighted by molar-refractivity contribution is 7.92. The molecule has 0 heterocycles. The third-order valence-electron chi connectivity index (χ3n) is 7.52. The molecule has 11 heteroatoms. The van der Waals surface area contributed by atoms with Gasteiger partial charge in [0, 0.05) is 29.6 Å². The van der Waals surface area contributed by atoms with Crippen LogP contribution in [0.5, 0.6) is 5.75 Å². The van der Waals surface area contributed by atoms with E-state index in [-0.39, 0.29) is 41.1 Å². The van der Waals surface area contributed by atoms with Crippen molar-refractivity contribution in [2.24, 2.45) is 5.92 Å². The lowest BCUT2D eigenvalue weighted by Gasteiger charge is -2.34. The minimum absolute atomic E-state index is 0.000771. The molecular formula is C36H39Cl2N3O5S. The Morgan fingerprint density at radius 1 is 0.894 bits per heavy atom. The Hall–Kier alpha value is -4.05. The van der Waals surface area contributed by atoms with E-state index in [0.29, 0.717) is 22.2 Å². The number of benzene rings is 4. The van der Waals surface area contributed by atoms with Gasteiger partial charge in [-0.15, -0.1) is 0 Å². The zero-order valence-corrected chi connectivity index (χ0v) is 29.1. The van der Waals surface area contributed by atoms with Gasteiger partial charge in [-0.2, -0.15) is 0 Å². The summed E-state index contributed by atoms with van der Waals surface area (Å²) in [6, 6.07) is 26.2. The summed E-state index contributed by atoms with van der Waals surface area (Å²) in [7, 11) is -2.85. The fraction of sp³-hybridized carbons (Fsp3) is 0.278. The van der Waals surface area contributed by atoms with Gasteiger partial charge in [-0.1, -0.05) is 97.7 Å². The molecule has 4 aromatic carbocycles. The molecular weight excluding hydrogens is 657 g/mol. The minimum atomic E-state index is -4.28. The summed E-state index contributed by atoms with van der Waals surface area (Å²) >= 11 is 12.8. The molecule has 0 aliphatic heterocycles. The number of halogens is 2. The second-order valence-electron chi connectivity index (χ2n) is 11.6. The van der Waals surface area contributed by atoms with E-state index in [9.17, 15) is 18.0 Å². The van der Waals surface area contributed by atoms with Crippen molar-refractivity contribution in [1.82, 2.24) is 10.2 Å². The molecule has 0 spiro atoms.